The van der Waals surface area contributed by atoms with Crippen molar-refractivity contribution in [3.8, 4) is 0 Å². The van der Waals surface area contributed by atoms with E-state index in [1.54, 1.807) is 0 Å². The maximum absolute atomic E-state index is 12.2. The number of nitrogens with one attached hydrogen (secondary N) is 1. The Bertz CT molecular complexity index is 417. The highest BCUT2D eigenvalue weighted by Gasteiger charge is 2.27. The van der Waals surface area contributed by atoms with E-state index in [4.69, 9.17) is 0 Å². The Kier molecular flexibility index (Phi) is 4.37. The van der Waals surface area contributed by atoms with E-state index in [0.717, 1.165) is 19.4 Å². The van der Waals surface area contributed by atoms with Crippen LogP contribution in [0.15, 0.2) is 24.3 Å². The molecule has 1 aromatic rings. The van der Waals surface area contributed by atoms with Crippen LogP contribution in [-0.2, 0) is 4.79 Å². The SMILES string of the molecule is CNCC(=O)N1CCCCC1c1ccccc1C. The quantitative estimate of drug-likeness (QED) is 0.887. The van der Waals surface area contributed by atoms with Crippen molar-refractivity contribution in [2.75, 3.05) is 20.1 Å². The second kappa shape index (κ2) is 6.01. The van der Waals surface area contributed by atoms with Gasteiger partial charge in [-0.25, -0.2) is 0 Å². The van der Waals surface area contributed by atoms with Gasteiger partial charge in [-0.15, -0.1) is 0 Å². The number of aryl methyl sites for hydroxylation is 1. The van der Waals surface area contributed by atoms with Crippen LogP contribution in [-0.4, -0.2) is 30.9 Å². The summed E-state index contributed by atoms with van der Waals surface area (Å²) in [5.41, 5.74) is 2.59. The number of benzene rings is 1. The molecule has 0 bridgehead atoms. The van der Waals surface area contributed by atoms with Crippen molar-refractivity contribution in [3.05, 3.63) is 35.4 Å². The van der Waals surface area contributed by atoms with Gasteiger partial charge < -0.3 is 10.2 Å². The minimum Gasteiger partial charge on any atom is -0.335 e. The molecule has 0 aliphatic carbocycles. The van der Waals surface area contributed by atoms with Crippen LogP contribution < -0.4 is 5.32 Å². The van der Waals surface area contributed by atoms with E-state index in [0.29, 0.717) is 6.54 Å². The van der Waals surface area contributed by atoms with E-state index in [2.05, 4.69) is 36.5 Å². The molecule has 1 aromatic carbocycles. The Balaban J connectivity index is 2.23. The van der Waals surface area contributed by atoms with Gasteiger partial charge in [-0.2, -0.15) is 0 Å². The van der Waals surface area contributed by atoms with Gasteiger partial charge in [0.1, 0.15) is 0 Å². The predicted molar refractivity (Wildman–Crippen MR) is 73.4 cm³/mol. The zero-order valence-corrected chi connectivity index (χ0v) is 11.3. The maximum atomic E-state index is 12.2. The summed E-state index contributed by atoms with van der Waals surface area (Å²) in [5, 5.41) is 2.96. The molecular weight excluding hydrogens is 224 g/mol. The largest absolute Gasteiger partial charge is 0.335 e. The molecule has 1 aliphatic rings. The minimum atomic E-state index is 0.213. The van der Waals surface area contributed by atoms with Crippen LogP contribution in [0.4, 0.5) is 0 Å². The Hall–Kier alpha value is -1.35. The van der Waals surface area contributed by atoms with E-state index in [1.165, 1.54) is 17.5 Å². The molecule has 18 heavy (non-hydrogen) atoms. The lowest BCUT2D eigenvalue weighted by Gasteiger charge is -2.37. The van der Waals surface area contributed by atoms with Crippen LogP contribution in [0, 0.1) is 6.92 Å². The summed E-state index contributed by atoms with van der Waals surface area (Å²) in [5.74, 6) is 0.213. The second-order valence-electron chi connectivity index (χ2n) is 4.99. The molecule has 2 rings (SSSR count). The average molecular weight is 246 g/mol. The van der Waals surface area contributed by atoms with Crippen molar-refractivity contribution in [1.82, 2.24) is 10.2 Å². The zero-order chi connectivity index (χ0) is 13.0. The molecule has 1 aliphatic heterocycles. The first-order valence-corrected chi connectivity index (χ1v) is 6.73. The van der Waals surface area contributed by atoms with Crippen LogP contribution in [0.1, 0.15) is 36.4 Å². The topological polar surface area (TPSA) is 32.3 Å². The van der Waals surface area contributed by atoms with Gasteiger partial charge in [0.05, 0.1) is 12.6 Å². The number of likely N-dealkylation sites (tertiary alicyclic amines) is 1. The van der Waals surface area contributed by atoms with E-state index in [1.807, 2.05) is 11.9 Å². The highest BCUT2D eigenvalue weighted by atomic mass is 16.2. The van der Waals surface area contributed by atoms with Crippen LogP contribution in [0.25, 0.3) is 0 Å². The third-order valence-corrected chi connectivity index (χ3v) is 3.70. The third kappa shape index (κ3) is 2.72. The van der Waals surface area contributed by atoms with E-state index < -0.39 is 0 Å². The predicted octanol–water partition coefficient (Wildman–Crippen LogP) is 2.27. The number of carbonyl (C=O) groups is 1. The van der Waals surface area contributed by atoms with Crippen molar-refractivity contribution in [3.63, 3.8) is 0 Å². The average Bonchev–Trinajstić information content (AvgIpc) is 2.40. The Labute approximate surface area is 109 Å². The molecule has 1 unspecified atom stereocenters. The fourth-order valence-electron chi connectivity index (χ4n) is 2.77. The highest BCUT2D eigenvalue weighted by Crippen LogP contribution is 2.32. The Morgan fingerprint density at radius 3 is 2.89 bits per heavy atom. The van der Waals surface area contributed by atoms with Gasteiger partial charge in [-0.3, -0.25) is 4.79 Å². The number of amides is 1. The Morgan fingerprint density at radius 1 is 1.39 bits per heavy atom. The molecule has 0 saturated carbocycles. The first-order chi connectivity index (χ1) is 8.74. The molecule has 0 radical (unpaired) electrons. The van der Waals surface area contributed by atoms with Gasteiger partial charge in [0.2, 0.25) is 5.91 Å². The molecule has 1 saturated heterocycles. The van der Waals surface area contributed by atoms with E-state index >= 15 is 0 Å². The number of piperidine rings is 1. The van der Waals surface area contributed by atoms with Crippen molar-refractivity contribution >= 4 is 5.91 Å². The molecule has 1 amide bonds. The molecule has 98 valence electrons. The Morgan fingerprint density at radius 2 is 2.17 bits per heavy atom. The number of likely N-dealkylation sites (N-methyl/N-ethyl adjacent to an activating group) is 1. The van der Waals surface area contributed by atoms with Crippen LogP contribution in [0.3, 0.4) is 0 Å². The van der Waals surface area contributed by atoms with Crippen molar-refractivity contribution in [1.29, 1.82) is 0 Å². The van der Waals surface area contributed by atoms with Crippen molar-refractivity contribution in [2.24, 2.45) is 0 Å². The molecular formula is C15H22N2O. The second-order valence-corrected chi connectivity index (χ2v) is 4.99. The standard InChI is InChI=1S/C15H22N2O/c1-12-7-3-4-8-13(12)14-9-5-6-10-17(14)15(18)11-16-2/h3-4,7-8,14,16H,5-6,9-11H2,1-2H3. The number of nitrogens with zero attached hydrogens (tertiary/aromatic N) is 1. The molecule has 0 aromatic heterocycles. The summed E-state index contributed by atoms with van der Waals surface area (Å²) >= 11 is 0. The first kappa shape index (κ1) is 13.1. The van der Waals surface area contributed by atoms with Crippen LogP contribution in [0.5, 0.6) is 0 Å². The molecule has 1 heterocycles. The van der Waals surface area contributed by atoms with Gasteiger partial charge in [0.15, 0.2) is 0 Å². The molecule has 1 atom stereocenters. The van der Waals surface area contributed by atoms with Gasteiger partial charge in [-0.05, 0) is 44.4 Å². The van der Waals surface area contributed by atoms with Crippen LogP contribution >= 0.6 is 0 Å². The van der Waals surface area contributed by atoms with Gasteiger partial charge >= 0.3 is 0 Å². The first-order valence-electron chi connectivity index (χ1n) is 6.73. The minimum absolute atomic E-state index is 0.213. The monoisotopic (exact) mass is 246 g/mol. The molecule has 0 spiro atoms. The third-order valence-electron chi connectivity index (χ3n) is 3.70. The molecule has 3 nitrogen and oxygen atoms in total. The van der Waals surface area contributed by atoms with Gasteiger partial charge in [0.25, 0.3) is 0 Å². The fraction of sp³-hybridized carbons (Fsp3) is 0.533. The summed E-state index contributed by atoms with van der Waals surface area (Å²) in [4.78, 5) is 14.2. The summed E-state index contributed by atoms with van der Waals surface area (Å²) < 4.78 is 0. The molecule has 3 heteroatoms. The smallest absolute Gasteiger partial charge is 0.237 e. The summed E-state index contributed by atoms with van der Waals surface area (Å²) in [6.07, 6.45) is 3.42. The normalized spacial score (nSPS) is 19.9. The number of hydrogen-bond acceptors (Lipinski definition) is 2. The van der Waals surface area contributed by atoms with Gasteiger partial charge in [0, 0.05) is 6.54 Å². The summed E-state index contributed by atoms with van der Waals surface area (Å²) in [6, 6.07) is 8.68. The lowest BCUT2D eigenvalue weighted by molar-refractivity contribution is -0.134. The summed E-state index contributed by atoms with van der Waals surface area (Å²) in [6.45, 7) is 3.45. The van der Waals surface area contributed by atoms with Crippen molar-refractivity contribution < 1.29 is 4.79 Å². The molecule has 1 N–H and O–H groups in total. The lowest BCUT2D eigenvalue weighted by atomic mass is 9.92. The summed E-state index contributed by atoms with van der Waals surface area (Å²) in [7, 11) is 1.82. The lowest BCUT2D eigenvalue weighted by Crippen LogP contribution is -2.42. The fourth-order valence-corrected chi connectivity index (χ4v) is 2.77. The van der Waals surface area contributed by atoms with E-state index in [9.17, 15) is 4.79 Å². The zero-order valence-electron chi connectivity index (χ0n) is 11.3. The molecule has 1 fully saturated rings. The number of hydrogen-bond donors (Lipinski definition) is 1. The number of carbonyl (C=O) groups excluding carboxylic acids is 1. The van der Waals surface area contributed by atoms with Gasteiger partial charge in [-0.1, -0.05) is 24.3 Å². The van der Waals surface area contributed by atoms with E-state index in [-0.39, 0.29) is 11.9 Å². The maximum Gasteiger partial charge on any atom is 0.237 e. The van der Waals surface area contributed by atoms with Crippen LogP contribution in [0.2, 0.25) is 0 Å². The number of rotatable bonds is 3. The highest BCUT2D eigenvalue weighted by molar-refractivity contribution is 5.79. The van der Waals surface area contributed by atoms with Crippen molar-refractivity contribution in [2.45, 2.75) is 32.2 Å².